The summed E-state index contributed by atoms with van der Waals surface area (Å²) >= 11 is 3.59. The van der Waals surface area contributed by atoms with Crippen molar-refractivity contribution >= 4 is 32.0 Å². The molecule has 0 bridgehead atoms. The molecule has 0 atom stereocenters. The molecule has 100 valence electrons. The first kappa shape index (κ1) is 13.1. The number of aryl methyl sites for hydroxylation is 1. The van der Waals surface area contributed by atoms with Crippen LogP contribution in [0.4, 0.5) is 5.69 Å². The largest absolute Gasteiger partial charge is 0.322 e. The quantitative estimate of drug-likeness (QED) is 0.871. The van der Waals surface area contributed by atoms with Crippen molar-refractivity contribution in [3.63, 3.8) is 0 Å². The second-order valence-electron chi connectivity index (χ2n) is 4.77. The molecule has 0 heterocycles. The molecule has 1 aliphatic carbocycles. The second kappa shape index (κ2) is 5.63. The molecular formula is C17H14BrNO. The Morgan fingerprint density at radius 1 is 0.950 bits per heavy atom. The van der Waals surface area contributed by atoms with Crippen molar-refractivity contribution in [1.29, 1.82) is 0 Å². The van der Waals surface area contributed by atoms with Gasteiger partial charge in [-0.25, -0.2) is 0 Å². The van der Waals surface area contributed by atoms with Crippen molar-refractivity contribution in [1.82, 2.24) is 0 Å². The number of fused-ring (bicyclic) bond motifs is 1. The Balaban J connectivity index is 1.89. The van der Waals surface area contributed by atoms with Crippen LogP contribution in [0.15, 0.2) is 60.2 Å². The Labute approximate surface area is 126 Å². The van der Waals surface area contributed by atoms with Gasteiger partial charge in [0, 0.05) is 15.7 Å². The van der Waals surface area contributed by atoms with E-state index < -0.39 is 0 Å². The fraction of sp³-hybridized carbons (Fsp3) is 0.118. The van der Waals surface area contributed by atoms with E-state index in [2.05, 4.69) is 27.3 Å². The number of anilines is 1. The van der Waals surface area contributed by atoms with Crippen molar-refractivity contribution in [3.05, 3.63) is 71.3 Å². The lowest BCUT2D eigenvalue weighted by molar-refractivity contribution is -0.112. The first-order chi connectivity index (χ1) is 9.75. The van der Waals surface area contributed by atoms with Crippen LogP contribution in [0.25, 0.3) is 4.48 Å². The smallest absolute Gasteiger partial charge is 0.252 e. The molecule has 2 aromatic rings. The Bertz CT molecular complexity index is 676. The van der Waals surface area contributed by atoms with E-state index in [9.17, 15) is 4.79 Å². The zero-order chi connectivity index (χ0) is 13.9. The molecule has 1 aliphatic rings. The molecule has 1 N–H and O–H groups in total. The number of hydrogen-bond acceptors (Lipinski definition) is 1. The summed E-state index contributed by atoms with van der Waals surface area (Å²) in [6, 6.07) is 17.7. The van der Waals surface area contributed by atoms with E-state index in [1.54, 1.807) is 0 Å². The Hall–Kier alpha value is -1.87. The first-order valence-corrected chi connectivity index (χ1v) is 7.38. The van der Waals surface area contributed by atoms with Crippen LogP contribution in [0.2, 0.25) is 0 Å². The normalized spacial score (nSPS) is 13.8. The summed E-state index contributed by atoms with van der Waals surface area (Å²) in [7, 11) is 0. The van der Waals surface area contributed by atoms with Crippen LogP contribution in [-0.4, -0.2) is 5.91 Å². The van der Waals surface area contributed by atoms with Crippen molar-refractivity contribution < 1.29 is 4.79 Å². The number of carbonyl (C=O) groups excluding carboxylic acids is 1. The van der Waals surface area contributed by atoms with E-state index >= 15 is 0 Å². The van der Waals surface area contributed by atoms with Gasteiger partial charge in [0.1, 0.15) is 0 Å². The van der Waals surface area contributed by atoms with Gasteiger partial charge in [-0.15, -0.1) is 0 Å². The van der Waals surface area contributed by atoms with Crippen LogP contribution < -0.4 is 5.32 Å². The summed E-state index contributed by atoms with van der Waals surface area (Å²) in [5.41, 5.74) is 4.05. The maximum atomic E-state index is 12.4. The molecular weight excluding hydrogens is 314 g/mol. The summed E-state index contributed by atoms with van der Waals surface area (Å²) in [5, 5.41) is 2.95. The van der Waals surface area contributed by atoms with Gasteiger partial charge < -0.3 is 5.32 Å². The number of rotatable bonds is 2. The zero-order valence-electron chi connectivity index (χ0n) is 10.9. The van der Waals surface area contributed by atoms with Gasteiger partial charge in [0.25, 0.3) is 5.91 Å². The standard InChI is InChI=1S/C17H14BrNO/c18-16-14-9-5-4-6-12(14)10-11-15(16)17(20)19-13-7-2-1-3-8-13/h1-9H,10-11H2,(H,19,20). The van der Waals surface area contributed by atoms with E-state index in [0.29, 0.717) is 0 Å². The number of amides is 1. The fourth-order valence-corrected chi connectivity index (χ4v) is 3.19. The maximum absolute atomic E-state index is 12.4. The minimum Gasteiger partial charge on any atom is -0.322 e. The third-order valence-electron chi connectivity index (χ3n) is 3.47. The van der Waals surface area contributed by atoms with Gasteiger partial charge in [0.15, 0.2) is 0 Å². The number of benzene rings is 2. The van der Waals surface area contributed by atoms with Crippen molar-refractivity contribution in [2.45, 2.75) is 12.8 Å². The number of halogens is 1. The van der Waals surface area contributed by atoms with E-state index in [0.717, 1.165) is 34.1 Å². The van der Waals surface area contributed by atoms with Crippen molar-refractivity contribution in [2.75, 3.05) is 5.32 Å². The van der Waals surface area contributed by atoms with Crippen LogP contribution in [0.5, 0.6) is 0 Å². The van der Waals surface area contributed by atoms with Crippen molar-refractivity contribution in [3.8, 4) is 0 Å². The monoisotopic (exact) mass is 327 g/mol. The lowest BCUT2D eigenvalue weighted by Gasteiger charge is -2.19. The van der Waals surface area contributed by atoms with E-state index in [1.165, 1.54) is 5.56 Å². The predicted molar refractivity (Wildman–Crippen MR) is 85.7 cm³/mol. The molecule has 0 saturated carbocycles. The second-order valence-corrected chi connectivity index (χ2v) is 5.56. The van der Waals surface area contributed by atoms with E-state index in [4.69, 9.17) is 0 Å². The Morgan fingerprint density at radius 3 is 2.45 bits per heavy atom. The maximum Gasteiger partial charge on any atom is 0.252 e. The summed E-state index contributed by atoms with van der Waals surface area (Å²) in [6.07, 6.45) is 1.67. The molecule has 0 aromatic heterocycles. The number of para-hydroxylation sites is 1. The molecule has 0 aliphatic heterocycles. The van der Waals surface area contributed by atoms with Crippen LogP contribution in [0.1, 0.15) is 17.5 Å². The molecule has 3 heteroatoms. The zero-order valence-corrected chi connectivity index (χ0v) is 12.5. The summed E-state index contributed by atoms with van der Waals surface area (Å²) in [5.74, 6) is -0.0300. The highest BCUT2D eigenvalue weighted by Gasteiger charge is 2.21. The molecule has 0 saturated heterocycles. The van der Waals surface area contributed by atoms with Gasteiger partial charge in [0.05, 0.1) is 0 Å². The van der Waals surface area contributed by atoms with E-state index in [1.807, 2.05) is 48.5 Å². The van der Waals surface area contributed by atoms with E-state index in [-0.39, 0.29) is 5.91 Å². The van der Waals surface area contributed by atoms with Crippen molar-refractivity contribution in [2.24, 2.45) is 0 Å². The molecule has 2 aromatic carbocycles. The molecule has 2 nitrogen and oxygen atoms in total. The van der Waals surface area contributed by atoms with Gasteiger partial charge in [-0.1, -0.05) is 42.5 Å². The fourth-order valence-electron chi connectivity index (χ4n) is 2.43. The minimum absolute atomic E-state index is 0.0300. The lowest BCUT2D eigenvalue weighted by Crippen LogP contribution is -2.18. The first-order valence-electron chi connectivity index (χ1n) is 6.59. The highest BCUT2D eigenvalue weighted by molar-refractivity contribution is 9.15. The third kappa shape index (κ3) is 2.54. The molecule has 3 rings (SSSR count). The van der Waals surface area contributed by atoms with Crippen LogP contribution in [0.3, 0.4) is 0 Å². The number of hydrogen-bond donors (Lipinski definition) is 1. The Morgan fingerprint density at radius 2 is 1.65 bits per heavy atom. The molecule has 20 heavy (non-hydrogen) atoms. The minimum atomic E-state index is -0.0300. The summed E-state index contributed by atoms with van der Waals surface area (Å²) < 4.78 is 0.910. The Kier molecular flexibility index (Phi) is 3.70. The molecule has 0 fully saturated rings. The molecule has 0 unspecified atom stereocenters. The topological polar surface area (TPSA) is 29.1 Å². The van der Waals surface area contributed by atoms with Gasteiger partial charge in [-0.2, -0.15) is 0 Å². The van der Waals surface area contributed by atoms with Gasteiger partial charge in [0.2, 0.25) is 0 Å². The number of nitrogens with one attached hydrogen (secondary N) is 1. The van der Waals surface area contributed by atoms with Crippen LogP contribution >= 0.6 is 15.9 Å². The average Bonchev–Trinajstić information content (AvgIpc) is 2.49. The summed E-state index contributed by atoms with van der Waals surface area (Å²) in [4.78, 5) is 12.4. The summed E-state index contributed by atoms with van der Waals surface area (Å²) in [6.45, 7) is 0. The SMILES string of the molecule is O=C(Nc1ccccc1)C1=C(Br)c2ccccc2CC1. The highest BCUT2D eigenvalue weighted by atomic mass is 79.9. The molecule has 0 radical (unpaired) electrons. The predicted octanol–water partition coefficient (Wildman–Crippen LogP) is 4.38. The third-order valence-corrected chi connectivity index (χ3v) is 4.37. The highest BCUT2D eigenvalue weighted by Crippen LogP contribution is 2.35. The van der Waals surface area contributed by atoms with Crippen LogP contribution in [-0.2, 0) is 11.2 Å². The molecule has 1 amide bonds. The van der Waals surface area contributed by atoms with Gasteiger partial charge >= 0.3 is 0 Å². The number of carbonyl (C=O) groups is 1. The lowest BCUT2D eigenvalue weighted by atomic mass is 9.92. The average molecular weight is 328 g/mol. The van der Waals surface area contributed by atoms with Crippen LogP contribution in [0, 0.1) is 0 Å². The van der Waals surface area contributed by atoms with Gasteiger partial charge in [-0.3, -0.25) is 4.79 Å². The van der Waals surface area contributed by atoms with Gasteiger partial charge in [-0.05, 0) is 52.0 Å². The molecule has 0 spiro atoms.